The Morgan fingerprint density at radius 2 is 1.95 bits per heavy atom. The number of sulfonamides is 1. The molecule has 6 heteroatoms. The summed E-state index contributed by atoms with van der Waals surface area (Å²) >= 11 is 5.82. The molecule has 2 rings (SSSR count). The quantitative estimate of drug-likeness (QED) is 0.871. The van der Waals surface area contributed by atoms with Gasteiger partial charge in [0.1, 0.15) is 4.90 Å². The molecule has 0 aromatic heterocycles. The van der Waals surface area contributed by atoms with Gasteiger partial charge in [-0.25, -0.2) is 8.42 Å². The van der Waals surface area contributed by atoms with Crippen LogP contribution < -0.4 is 5.73 Å². The van der Waals surface area contributed by atoms with Crippen LogP contribution in [0.1, 0.15) is 33.1 Å². The van der Waals surface area contributed by atoms with Crippen LogP contribution in [-0.4, -0.2) is 25.8 Å². The van der Waals surface area contributed by atoms with Crippen LogP contribution in [0.25, 0.3) is 0 Å². The number of hydrogen-bond acceptors (Lipinski definition) is 3. The van der Waals surface area contributed by atoms with E-state index in [0.29, 0.717) is 18.1 Å². The van der Waals surface area contributed by atoms with Crippen LogP contribution in [-0.2, 0) is 10.0 Å². The normalized spacial score (nSPS) is 19.9. The largest absolute Gasteiger partial charge is 0.398 e. The number of nitrogen functional groups attached to an aromatic ring is 1. The lowest BCUT2D eigenvalue weighted by atomic mass is 9.79. The average molecular weight is 317 g/mol. The summed E-state index contributed by atoms with van der Waals surface area (Å²) in [5, 5.41) is 0.443. The molecule has 0 bridgehead atoms. The fraction of sp³-hybridized carbons (Fsp3) is 0.571. The zero-order valence-electron chi connectivity index (χ0n) is 11.9. The Labute approximate surface area is 126 Å². The van der Waals surface area contributed by atoms with E-state index < -0.39 is 10.0 Å². The molecule has 0 aliphatic carbocycles. The number of anilines is 1. The molecule has 0 radical (unpaired) electrons. The Morgan fingerprint density at radius 1 is 1.35 bits per heavy atom. The Morgan fingerprint density at radius 3 is 2.45 bits per heavy atom. The van der Waals surface area contributed by atoms with E-state index in [4.69, 9.17) is 17.3 Å². The van der Waals surface area contributed by atoms with E-state index in [1.165, 1.54) is 16.4 Å². The highest BCUT2D eigenvalue weighted by Gasteiger charge is 2.35. The van der Waals surface area contributed by atoms with Gasteiger partial charge in [-0.05, 0) is 36.5 Å². The third-order valence-electron chi connectivity index (χ3n) is 4.37. The molecule has 1 saturated heterocycles. The first-order valence-electron chi connectivity index (χ1n) is 6.84. The lowest BCUT2D eigenvalue weighted by molar-refractivity contribution is 0.169. The number of halogens is 1. The lowest BCUT2D eigenvalue weighted by Crippen LogP contribution is -2.42. The van der Waals surface area contributed by atoms with E-state index in [1.807, 2.05) is 0 Å². The van der Waals surface area contributed by atoms with Gasteiger partial charge in [-0.15, -0.1) is 0 Å². The first-order chi connectivity index (χ1) is 9.28. The van der Waals surface area contributed by atoms with E-state index in [1.54, 1.807) is 6.07 Å². The summed E-state index contributed by atoms with van der Waals surface area (Å²) in [6.45, 7) is 5.47. The van der Waals surface area contributed by atoms with Crippen molar-refractivity contribution in [1.82, 2.24) is 4.31 Å². The van der Waals surface area contributed by atoms with Crippen molar-refractivity contribution in [1.29, 1.82) is 0 Å². The molecule has 0 atom stereocenters. The van der Waals surface area contributed by atoms with Gasteiger partial charge in [0.2, 0.25) is 10.0 Å². The van der Waals surface area contributed by atoms with E-state index in [9.17, 15) is 8.42 Å². The number of hydrogen-bond donors (Lipinski definition) is 1. The fourth-order valence-corrected chi connectivity index (χ4v) is 4.23. The van der Waals surface area contributed by atoms with Crippen molar-refractivity contribution >= 4 is 27.3 Å². The highest BCUT2D eigenvalue weighted by Crippen LogP contribution is 2.36. The first-order valence-corrected chi connectivity index (χ1v) is 8.65. The summed E-state index contributed by atoms with van der Waals surface area (Å²) in [6.07, 6.45) is 2.84. The van der Waals surface area contributed by atoms with Crippen molar-refractivity contribution < 1.29 is 8.42 Å². The zero-order chi connectivity index (χ0) is 15.0. The van der Waals surface area contributed by atoms with Crippen LogP contribution in [0.3, 0.4) is 0 Å². The molecule has 112 valence electrons. The van der Waals surface area contributed by atoms with Crippen molar-refractivity contribution in [2.24, 2.45) is 5.41 Å². The standard InChI is InChI=1S/C14H21ClN2O2S/c1-3-14(2)6-8-17(9-7-14)20(18,19)13-5-4-11(15)10-12(13)16/h4-5,10H,3,6-9,16H2,1-2H3. The number of piperidine rings is 1. The summed E-state index contributed by atoms with van der Waals surface area (Å²) in [7, 11) is -3.52. The molecule has 0 unspecified atom stereocenters. The van der Waals surface area contributed by atoms with Crippen LogP contribution in [0.4, 0.5) is 5.69 Å². The smallest absolute Gasteiger partial charge is 0.245 e. The Bertz CT molecular complexity index is 593. The fourth-order valence-electron chi connectivity index (χ4n) is 2.51. The Kier molecular flexibility index (Phi) is 4.33. The van der Waals surface area contributed by atoms with Crippen LogP contribution in [0.15, 0.2) is 23.1 Å². The second-order valence-electron chi connectivity index (χ2n) is 5.75. The van der Waals surface area contributed by atoms with Gasteiger partial charge in [0.25, 0.3) is 0 Å². The number of nitrogens with zero attached hydrogens (tertiary/aromatic N) is 1. The van der Waals surface area contributed by atoms with Crippen molar-refractivity contribution in [3.63, 3.8) is 0 Å². The Hall–Kier alpha value is -0.780. The average Bonchev–Trinajstić information content (AvgIpc) is 2.39. The molecule has 0 amide bonds. The maximum atomic E-state index is 12.6. The summed E-state index contributed by atoms with van der Waals surface area (Å²) in [6, 6.07) is 4.53. The molecule has 1 aromatic rings. The van der Waals surface area contributed by atoms with Gasteiger partial charge in [0, 0.05) is 18.1 Å². The second-order valence-corrected chi connectivity index (χ2v) is 8.09. The van der Waals surface area contributed by atoms with Gasteiger partial charge in [-0.1, -0.05) is 31.9 Å². The molecule has 4 nitrogen and oxygen atoms in total. The van der Waals surface area contributed by atoms with Crippen molar-refractivity contribution in [2.75, 3.05) is 18.8 Å². The predicted octanol–water partition coefficient (Wildman–Crippen LogP) is 3.12. The number of nitrogens with two attached hydrogens (primary N) is 1. The zero-order valence-corrected chi connectivity index (χ0v) is 13.5. The van der Waals surface area contributed by atoms with Crippen molar-refractivity contribution in [3.05, 3.63) is 23.2 Å². The predicted molar refractivity (Wildman–Crippen MR) is 82.3 cm³/mol. The molecule has 0 spiro atoms. The highest BCUT2D eigenvalue weighted by molar-refractivity contribution is 7.89. The maximum Gasteiger partial charge on any atom is 0.245 e. The minimum Gasteiger partial charge on any atom is -0.398 e. The van der Waals surface area contributed by atoms with Gasteiger partial charge in [0.15, 0.2) is 0 Å². The third kappa shape index (κ3) is 2.95. The molecule has 0 saturated carbocycles. The van der Waals surface area contributed by atoms with Gasteiger partial charge < -0.3 is 5.73 Å². The Balaban J connectivity index is 2.24. The first kappa shape index (κ1) is 15.6. The van der Waals surface area contributed by atoms with E-state index in [0.717, 1.165) is 19.3 Å². The molecular formula is C14H21ClN2O2S. The monoisotopic (exact) mass is 316 g/mol. The summed E-state index contributed by atoms with van der Waals surface area (Å²) in [4.78, 5) is 0.155. The molecule has 1 aliphatic heterocycles. The topological polar surface area (TPSA) is 63.4 Å². The third-order valence-corrected chi connectivity index (χ3v) is 6.58. The number of rotatable bonds is 3. The molecule has 20 heavy (non-hydrogen) atoms. The molecular weight excluding hydrogens is 296 g/mol. The van der Waals surface area contributed by atoms with Crippen LogP contribution in [0.5, 0.6) is 0 Å². The summed E-state index contributed by atoms with van der Waals surface area (Å²) < 4.78 is 26.8. The van der Waals surface area contributed by atoms with Crippen molar-refractivity contribution in [2.45, 2.75) is 38.0 Å². The SMILES string of the molecule is CCC1(C)CCN(S(=O)(=O)c2ccc(Cl)cc2N)CC1. The van der Waals surface area contributed by atoms with Gasteiger partial charge >= 0.3 is 0 Å². The lowest BCUT2D eigenvalue weighted by Gasteiger charge is -2.38. The van der Waals surface area contributed by atoms with Crippen LogP contribution in [0.2, 0.25) is 5.02 Å². The second kappa shape index (κ2) is 5.54. The molecule has 1 aliphatic rings. The maximum absolute atomic E-state index is 12.6. The highest BCUT2D eigenvalue weighted by atomic mass is 35.5. The van der Waals surface area contributed by atoms with E-state index in [-0.39, 0.29) is 16.0 Å². The molecule has 1 fully saturated rings. The molecule has 1 heterocycles. The summed E-state index contributed by atoms with van der Waals surface area (Å²) in [5.41, 5.74) is 6.26. The van der Waals surface area contributed by atoms with Gasteiger partial charge in [0.05, 0.1) is 5.69 Å². The van der Waals surface area contributed by atoms with Gasteiger partial charge in [-0.3, -0.25) is 0 Å². The molecule has 1 aromatic carbocycles. The van der Waals surface area contributed by atoms with Crippen LogP contribution >= 0.6 is 11.6 Å². The minimum absolute atomic E-state index is 0.155. The minimum atomic E-state index is -3.52. The van der Waals surface area contributed by atoms with E-state index >= 15 is 0 Å². The molecule has 2 N–H and O–H groups in total. The van der Waals surface area contributed by atoms with E-state index in [2.05, 4.69) is 13.8 Å². The van der Waals surface area contributed by atoms with Crippen LogP contribution in [0, 0.1) is 5.41 Å². The summed E-state index contributed by atoms with van der Waals surface area (Å²) in [5.74, 6) is 0. The number of benzene rings is 1. The van der Waals surface area contributed by atoms with Crippen molar-refractivity contribution in [3.8, 4) is 0 Å². The van der Waals surface area contributed by atoms with Gasteiger partial charge in [-0.2, -0.15) is 4.31 Å².